The molecule has 4 nitrogen and oxygen atoms in total. The van der Waals surface area contributed by atoms with Crippen LogP contribution in [0.2, 0.25) is 0 Å². The average Bonchev–Trinajstić information content (AvgIpc) is 3.04. The second-order valence-electron chi connectivity index (χ2n) is 6.95. The van der Waals surface area contributed by atoms with Crippen molar-refractivity contribution >= 4 is 5.69 Å². The van der Waals surface area contributed by atoms with E-state index in [1.807, 2.05) is 18.2 Å². The van der Waals surface area contributed by atoms with E-state index in [2.05, 4.69) is 35.7 Å². The molecule has 1 fully saturated rings. The first-order valence-electron chi connectivity index (χ1n) is 8.70. The second-order valence-corrected chi connectivity index (χ2v) is 6.95. The van der Waals surface area contributed by atoms with E-state index in [-0.39, 0.29) is 0 Å². The first kappa shape index (κ1) is 15.8. The number of benzene rings is 2. The normalized spacial score (nSPS) is 26.8. The molecular formula is C21H22N2O2. The van der Waals surface area contributed by atoms with Gasteiger partial charge < -0.3 is 14.8 Å². The molecule has 2 aliphatic rings. The third-order valence-corrected chi connectivity index (χ3v) is 5.79. The Labute approximate surface area is 148 Å². The maximum absolute atomic E-state index is 10.1. The summed E-state index contributed by atoms with van der Waals surface area (Å²) < 4.78 is 10.8. The van der Waals surface area contributed by atoms with E-state index in [0.29, 0.717) is 23.5 Å². The van der Waals surface area contributed by atoms with Gasteiger partial charge in [0.25, 0.3) is 0 Å². The fraction of sp³-hybridized carbons (Fsp3) is 0.381. The van der Waals surface area contributed by atoms with Gasteiger partial charge in [0.2, 0.25) is 0 Å². The van der Waals surface area contributed by atoms with Crippen LogP contribution in [0, 0.1) is 11.3 Å². The summed E-state index contributed by atoms with van der Waals surface area (Å²) in [6, 6.07) is 17.4. The standard InChI is InChI=1S/C21H22N2O2/c1-24-19-8-7-14(11-20(19)25-2)21(13-22)10-9-18-16(12-21)15-5-3-4-6-17(15)23-18/h3-8,11,16,18,23H,9-10,12H2,1-2H3. The number of methoxy groups -OCH3 is 2. The zero-order valence-corrected chi connectivity index (χ0v) is 14.6. The first-order valence-corrected chi connectivity index (χ1v) is 8.70. The quantitative estimate of drug-likeness (QED) is 0.913. The van der Waals surface area contributed by atoms with Gasteiger partial charge >= 0.3 is 0 Å². The van der Waals surface area contributed by atoms with Crippen LogP contribution in [0.3, 0.4) is 0 Å². The molecule has 1 aliphatic carbocycles. The molecule has 0 aromatic heterocycles. The molecule has 1 heterocycles. The summed E-state index contributed by atoms with van der Waals surface area (Å²) in [6.07, 6.45) is 2.66. The molecule has 128 valence electrons. The lowest BCUT2D eigenvalue weighted by atomic mass is 9.64. The van der Waals surface area contributed by atoms with E-state index < -0.39 is 5.41 Å². The van der Waals surface area contributed by atoms with Crippen molar-refractivity contribution in [3.63, 3.8) is 0 Å². The Bertz CT molecular complexity index is 842. The third kappa shape index (κ3) is 2.42. The van der Waals surface area contributed by atoms with Crippen LogP contribution in [-0.2, 0) is 5.41 Å². The predicted octanol–water partition coefficient (Wildman–Crippen LogP) is 4.23. The molecule has 3 unspecified atom stereocenters. The fourth-order valence-corrected chi connectivity index (χ4v) is 4.44. The molecule has 2 aromatic rings. The van der Waals surface area contributed by atoms with Crippen LogP contribution >= 0.6 is 0 Å². The van der Waals surface area contributed by atoms with E-state index in [1.54, 1.807) is 14.2 Å². The molecule has 0 saturated heterocycles. The van der Waals surface area contributed by atoms with E-state index >= 15 is 0 Å². The molecule has 2 aromatic carbocycles. The Morgan fingerprint density at radius 3 is 2.68 bits per heavy atom. The number of rotatable bonds is 3. The summed E-state index contributed by atoms with van der Waals surface area (Å²) >= 11 is 0. The number of anilines is 1. The number of hydrogen-bond donors (Lipinski definition) is 1. The van der Waals surface area contributed by atoms with Crippen LogP contribution in [0.4, 0.5) is 5.69 Å². The average molecular weight is 334 g/mol. The topological polar surface area (TPSA) is 54.3 Å². The molecule has 3 atom stereocenters. The predicted molar refractivity (Wildman–Crippen MR) is 97.3 cm³/mol. The molecule has 0 spiro atoms. The summed E-state index contributed by atoms with van der Waals surface area (Å²) in [5, 5.41) is 13.7. The molecule has 4 heteroatoms. The van der Waals surface area contributed by atoms with Crippen molar-refractivity contribution in [3.05, 3.63) is 53.6 Å². The molecule has 1 saturated carbocycles. The van der Waals surface area contributed by atoms with Gasteiger partial charge in [-0.25, -0.2) is 0 Å². The molecule has 1 aliphatic heterocycles. The van der Waals surface area contributed by atoms with E-state index in [4.69, 9.17) is 9.47 Å². The summed E-state index contributed by atoms with van der Waals surface area (Å²) in [5.74, 6) is 1.75. The monoisotopic (exact) mass is 334 g/mol. The molecule has 1 N–H and O–H groups in total. The van der Waals surface area contributed by atoms with E-state index in [0.717, 1.165) is 24.8 Å². The van der Waals surface area contributed by atoms with Crippen molar-refractivity contribution in [2.24, 2.45) is 0 Å². The fourth-order valence-electron chi connectivity index (χ4n) is 4.44. The van der Waals surface area contributed by atoms with Crippen molar-refractivity contribution in [1.29, 1.82) is 5.26 Å². The van der Waals surface area contributed by atoms with Crippen molar-refractivity contribution in [2.45, 2.75) is 36.6 Å². The van der Waals surface area contributed by atoms with Crippen LogP contribution in [0.25, 0.3) is 0 Å². The minimum Gasteiger partial charge on any atom is -0.493 e. The Morgan fingerprint density at radius 2 is 1.92 bits per heavy atom. The van der Waals surface area contributed by atoms with Gasteiger partial charge in [-0.05, 0) is 48.6 Å². The van der Waals surface area contributed by atoms with Crippen molar-refractivity contribution in [2.75, 3.05) is 19.5 Å². The third-order valence-electron chi connectivity index (χ3n) is 5.79. The van der Waals surface area contributed by atoms with Gasteiger partial charge in [0.15, 0.2) is 11.5 Å². The van der Waals surface area contributed by atoms with Crippen molar-refractivity contribution < 1.29 is 9.47 Å². The molecule has 25 heavy (non-hydrogen) atoms. The number of fused-ring (bicyclic) bond motifs is 3. The summed E-state index contributed by atoms with van der Waals surface area (Å²) in [7, 11) is 3.26. The highest BCUT2D eigenvalue weighted by atomic mass is 16.5. The van der Waals surface area contributed by atoms with Gasteiger partial charge in [0, 0.05) is 17.6 Å². The molecule has 4 rings (SSSR count). The lowest BCUT2D eigenvalue weighted by Gasteiger charge is -2.38. The number of nitrogens with zero attached hydrogens (tertiary/aromatic N) is 1. The van der Waals surface area contributed by atoms with Gasteiger partial charge in [-0.1, -0.05) is 24.3 Å². The zero-order valence-electron chi connectivity index (χ0n) is 14.6. The van der Waals surface area contributed by atoms with Crippen molar-refractivity contribution in [1.82, 2.24) is 0 Å². The molecular weight excluding hydrogens is 312 g/mol. The largest absolute Gasteiger partial charge is 0.493 e. The zero-order chi connectivity index (χ0) is 17.4. The highest BCUT2D eigenvalue weighted by molar-refractivity contribution is 5.60. The summed E-state index contributed by atoms with van der Waals surface area (Å²) in [5.41, 5.74) is 3.10. The van der Waals surface area contributed by atoms with Gasteiger partial charge in [-0.15, -0.1) is 0 Å². The Balaban J connectivity index is 1.72. The minimum atomic E-state index is -0.486. The first-order chi connectivity index (χ1) is 12.2. The summed E-state index contributed by atoms with van der Waals surface area (Å²) in [4.78, 5) is 0. The summed E-state index contributed by atoms with van der Waals surface area (Å²) in [6.45, 7) is 0. The molecule has 0 bridgehead atoms. The maximum atomic E-state index is 10.1. The number of ether oxygens (including phenoxy) is 2. The Hall–Kier alpha value is -2.67. The molecule has 0 radical (unpaired) electrons. The van der Waals surface area contributed by atoms with E-state index in [1.165, 1.54) is 11.3 Å². The van der Waals surface area contributed by atoms with Crippen LogP contribution in [0.15, 0.2) is 42.5 Å². The highest BCUT2D eigenvalue weighted by Crippen LogP contribution is 2.51. The lowest BCUT2D eigenvalue weighted by molar-refractivity contribution is 0.312. The number of nitrogens with one attached hydrogen (secondary N) is 1. The second kappa shape index (κ2) is 6.00. The number of para-hydroxylation sites is 1. The van der Waals surface area contributed by atoms with Crippen LogP contribution in [0.1, 0.15) is 36.3 Å². The minimum absolute atomic E-state index is 0.373. The Morgan fingerprint density at radius 1 is 1.12 bits per heavy atom. The molecule has 0 amide bonds. The smallest absolute Gasteiger partial charge is 0.161 e. The van der Waals surface area contributed by atoms with Crippen LogP contribution < -0.4 is 14.8 Å². The number of nitriles is 1. The highest BCUT2D eigenvalue weighted by Gasteiger charge is 2.46. The van der Waals surface area contributed by atoms with E-state index in [9.17, 15) is 5.26 Å². The maximum Gasteiger partial charge on any atom is 0.161 e. The van der Waals surface area contributed by atoms with Gasteiger partial charge in [-0.2, -0.15) is 5.26 Å². The lowest BCUT2D eigenvalue weighted by Crippen LogP contribution is -2.38. The van der Waals surface area contributed by atoms with Gasteiger partial charge in [0.05, 0.1) is 25.7 Å². The SMILES string of the molecule is COc1ccc(C2(C#N)CCC3Nc4ccccc4C3C2)cc1OC. The Kier molecular flexibility index (Phi) is 3.80. The van der Waals surface area contributed by atoms with Gasteiger partial charge in [-0.3, -0.25) is 0 Å². The van der Waals surface area contributed by atoms with Gasteiger partial charge in [0.1, 0.15) is 0 Å². The van der Waals surface area contributed by atoms with Crippen LogP contribution in [0.5, 0.6) is 11.5 Å². The number of hydrogen-bond acceptors (Lipinski definition) is 4. The van der Waals surface area contributed by atoms with Crippen LogP contribution in [-0.4, -0.2) is 20.3 Å². The van der Waals surface area contributed by atoms with Crippen molar-refractivity contribution in [3.8, 4) is 17.6 Å².